The molecule has 176 valence electrons. The van der Waals surface area contributed by atoms with Gasteiger partial charge in [-0.25, -0.2) is 27.0 Å². The minimum Gasteiger partial charge on any atom is -0.478 e. The lowest BCUT2D eigenvalue weighted by atomic mass is 10.1. The van der Waals surface area contributed by atoms with E-state index in [2.05, 4.69) is 15.6 Å². The van der Waals surface area contributed by atoms with Crippen LogP contribution in [-0.2, 0) is 14.6 Å². The van der Waals surface area contributed by atoms with Crippen LogP contribution in [0, 0.1) is 11.6 Å². The molecule has 4 rings (SSSR count). The van der Waals surface area contributed by atoms with Gasteiger partial charge >= 0.3 is 5.97 Å². The van der Waals surface area contributed by atoms with Crippen molar-refractivity contribution in [1.29, 1.82) is 0 Å². The van der Waals surface area contributed by atoms with Gasteiger partial charge in [0.1, 0.15) is 23.5 Å². The van der Waals surface area contributed by atoms with Gasteiger partial charge in [-0.1, -0.05) is 12.1 Å². The molecule has 1 fully saturated rings. The first-order valence-electron chi connectivity index (χ1n) is 10.2. The average Bonchev–Trinajstić information content (AvgIpc) is 3.65. The van der Waals surface area contributed by atoms with Crippen molar-refractivity contribution in [2.45, 2.75) is 29.0 Å². The predicted molar refractivity (Wildman–Crippen MR) is 119 cm³/mol. The highest BCUT2D eigenvalue weighted by Gasteiger charge is 2.37. The van der Waals surface area contributed by atoms with Crippen LogP contribution < -0.4 is 10.6 Å². The number of amides is 1. The van der Waals surface area contributed by atoms with Crippen LogP contribution >= 0.6 is 0 Å². The minimum absolute atomic E-state index is 0.0503. The molecule has 8 nitrogen and oxygen atoms in total. The van der Waals surface area contributed by atoms with Gasteiger partial charge in [0, 0.05) is 12.3 Å². The molecule has 1 atom stereocenters. The minimum atomic E-state index is -3.44. The lowest BCUT2D eigenvalue weighted by Gasteiger charge is -2.20. The van der Waals surface area contributed by atoms with Crippen LogP contribution in [0.1, 0.15) is 34.8 Å². The second-order valence-corrected chi connectivity index (χ2v) is 9.97. The van der Waals surface area contributed by atoms with Gasteiger partial charge in [-0.05, 0) is 54.8 Å². The number of nitrogens with zero attached hydrogens (tertiary/aromatic N) is 1. The summed E-state index contributed by atoms with van der Waals surface area (Å²) >= 11 is 0. The van der Waals surface area contributed by atoms with E-state index < -0.39 is 44.6 Å². The first-order valence-corrected chi connectivity index (χ1v) is 11.8. The van der Waals surface area contributed by atoms with E-state index in [9.17, 15) is 26.8 Å². The molecule has 1 unspecified atom stereocenters. The van der Waals surface area contributed by atoms with Crippen molar-refractivity contribution in [2.24, 2.45) is 0 Å². The van der Waals surface area contributed by atoms with Crippen molar-refractivity contribution in [3.05, 3.63) is 83.6 Å². The van der Waals surface area contributed by atoms with Gasteiger partial charge in [-0.2, -0.15) is 0 Å². The highest BCUT2D eigenvalue weighted by atomic mass is 32.2. The van der Waals surface area contributed by atoms with Crippen LogP contribution in [0.4, 0.5) is 20.3 Å². The second-order valence-electron chi connectivity index (χ2n) is 7.74. The highest BCUT2D eigenvalue weighted by Crippen LogP contribution is 2.34. The van der Waals surface area contributed by atoms with E-state index >= 15 is 0 Å². The monoisotopic (exact) mass is 487 g/mol. The molecule has 2 aromatic carbocycles. The number of pyridine rings is 1. The molecule has 0 aliphatic heterocycles. The highest BCUT2D eigenvalue weighted by molar-refractivity contribution is 7.92. The molecule has 0 bridgehead atoms. The van der Waals surface area contributed by atoms with E-state index in [1.54, 1.807) is 0 Å². The third-order valence-corrected chi connectivity index (χ3v) is 7.54. The lowest BCUT2D eigenvalue weighted by molar-refractivity contribution is -0.117. The standard InChI is InChI=1S/C23H19F2N3O5S/c24-15-4-9-19(18(25)11-15)27-21(22(29)28-20-10-3-14(12-26-20)23(30)31)13-1-5-16(6-2-13)34(32,33)17-7-8-17/h1-6,9-12,17,21,27H,7-8H2,(H,30,31)(H,26,28,29). The molecule has 1 heterocycles. The van der Waals surface area contributed by atoms with Crippen molar-refractivity contribution in [1.82, 2.24) is 4.98 Å². The van der Waals surface area contributed by atoms with Crippen LogP contribution in [0.15, 0.2) is 65.7 Å². The molecule has 3 N–H and O–H groups in total. The molecule has 3 aromatic rings. The first kappa shape index (κ1) is 23.3. The fraction of sp³-hybridized carbons (Fsp3) is 0.174. The summed E-state index contributed by atoms with van der Waals surface area (Å²) in [5, 5.41) is 13.8. The maximum Gasteiger partial charge on any atom is 0.337 e. The van der Waals surface area contributed by atoms with Crippen LogP contribution in [0.25, 0.3) is 0 Å². The number of benzene rings is 2. The molecule has 1 aliphatic rings. The van der Waals surface area contributed by atoms with Crippen molar-refractivity contribution in [3.63, 3.8) is 0 Å². The number of rotatable bonds is 8. The Labute approximate surface area is 193 Å². The van der Waals surface area contributed by atoms with Crippen LogP contribution in [0.3, 0.4) is 0 Å². The predicted octanol–water partition coefficient (Wildman–Crippen LogP) is 3.79. The van der Waals surface area contributed by atoms with Crippen molar-refractivity contribution >= 4 is 33.2 Å². The first-order chi connectivity index (χ1) is 16.1. The number of hydrogen-bond donors (Lipinski definition) is 3. The Bertz CT molecular complexity index is 1340. The summed E-state index contributed by atoms with van der Waals surface area (Å²) < 4.78 is 52.5. The van der Waals surface area contributed by atoms with Crippen LogP contribution in [0.2, 0.25) is 0 Å². The molecule has 34 heavy (non-hydrogen) atoms. The van der Waals surface area contributed by atoms with Gasteiger partial charge in [0.25, 0.3) is 5.91 Å². The number of carbonyl (C=O) groups excluding carboxylic acids is 1. The Morgan fingerprint density at radius 1 is 1.03 bits per heavy atom. The van der Waals surface area contributed by atoms with E-state index in [-0.39, 0.29) is 22.0 Å². The maximum atomic E-state index is 14.3. The summed E-state index contributed by atoms with van der Waals surface area (Å²) in [6.45, 7) is 0. The number of anilines is 2. The number of carboxylic acids is 1. The van der Waals surface area contributed by atoms with E-state index in [4.69, 9.17) is 5.11 Å². The summed E-state index contributed by atoms with van der Waals surface area (Å²) in [5.41, 5.74) is 0.0945. The molecule has 1 aliphatic carbocycles. The normalized spacial score (nSPS) is 14.3. The molecule has 1 saturated carbocycles. The summed E-state index contributed by atoms with van der Waals surface area (Å²) in [5.74, 6) is -3.53. The van der Waals surface area contributed by atoms with Gasteiger partial charge < -0.3 is 15.7 Å². The number of carbonyl (C=O) groups is 2. The molecule has 11 heteroatoms. The van der Waals surface area contributed by atoms with E-state index in [1.165, 1.54) is 36.4 Å². The number of aromatic nitrogens is 1. The summed E-state index contributed by atoms with van der Waals surface area (Å²) in [6, 6.07) is 9.80. The van der Waals surface area contributed by atoms with Crippen LogP contribution in [-0.4, -0.2) is 35.6 Å². The quantitative estimate of drug-likeness (QED) is 0.441. The summed E-state index contributed by atoms with van der Waals surface area (Å²) in [4.78, 5) is 28.1. The molecule has 0 radical (unpaired) electrons. The van der Waals surface area contributed by atoms with E-state index in [0.29, 0.717) is 24.5 Å². The zero-order valence-corrected chi connectivity index (χ0v) is 18.4. The topological polar surface area (TPSA) is 125 Å². The third kappa shape index (κ3) is 5.04. The Hall–Kier alpha value is -3.86. The second kappa shape index (κ2) is 9.18. The fourth-order valence-corrected chi connectivity index (χ4v) is 4.93. The summed E-state index contributed by atoms with van der Waals surface area (Å²) in [7, 11) is -3.44. The number of halogens is 2. The van der Waals surface area contributed by atoms with Gasteiger partial charge in [-0.15, -0.1) is 0 Å². The smallest absolute Gasteiger partial charge is 0.337 e. The fourth-order valence-electron chi connectivity index (χ4n) is 3.28. The Balaban J connectivity index is 1.63. The van der Waals surface area contributed by atoms with Crippen molar-refractivity contribution in [3.8, 4) is 0 Å². The number of hydrogen-bond acceptors (Lipinski definition) is 6. The van der Waals surface area contributed by atoms with Gasteiger partial charge in [0.15, 0.2) is 9.84 Å². The maximum absolute atomic E-state index is 14.3. The van der Waals surface area contributed by atoms with E-state index in [1.807, 2.05) is 0 Å². The number of sulfone groups is 1. The molecule has 0 spiro atoms. The van der Waals surface area contributed by atoms with Gasteiger partial charge in [0.05, 0.1) is 21.4 Å². The molecule has 0 saturated heterocycles. The number of nitrogens with one attached hydrogen (secondary N) is 2. The molecule has 1 aromatic heterocycles. The van der Waals surface area contributed by atoms with Crippen molar-refractivity contribution < 1.29 is 31.9 Å². The van der Waals surface area contributed by atoms with Gasteiger partial charge in [-0.3, -0.25) is 4.79 Å². The number of carboxylic acid groups (broad SMARTS) is 1. The molecule has 1 amide bonds. The third-order valence-electron chi connectivity index (χ3n) is 5.26. The Kier molecular flexibility index (Phi) is 6.29. The van der Waals surface area contributed by atoms with Gasteiger partial charge in [0.2, 0.25) is 0 Å². The zero-order chi connectivity index (χ0) is 24.5. The Morgan fingerprint density at radius 2 is 1.74 bits per heavy atom. The van der Waals surface area contributed by atoms with Crippen LogP contribution in [0.5, 0.6) is 0 Å². The largest absolute Gasteiger partial charge is 0.478 e. The average molecular weight is 487 g/mol. The number of aromatic carboxylic acids is 1. The van der Waals surface area contributed by atoms with Crippen molar-refractivity contribution in [2.75, 3.05) is 10.6 Å². The molecular formula is C23H19F2N3O5S. The summed E-state index contributed by atoms with van der Waals surface area (Å²) in [6.07, 6.45) is 2.28. The molecular weight excluding hydrogens is 468 g/mol. The Morgan fingerprint density at radius 3 is 2.29 bits per heavy atom. The SMILES string of the molecule is O=C(O)c1ccc(NC(=O)C(Nc2ccc(F)cc2F)c2ccc(S(=O)(=O)C3CC3)cc2)nc1. The zero-order valence-electron chi connectivity index (χ0n) is 17.5. The lowest BCUT2D eigenvalue weighted by Crippen LogP contribution is -2.28. The van der Waals surface area contributed by atoms with E-state index in [0.717, 1.165) is 18.3 Å².